The number of hydrogen-bond donors (Lipinski definition) is 0. The molecule has 0 heterocycles. The summed E-state index contributed by atoms with van der Waals surface area (Å²) in [6, 6.07) is 0. The van der Waals surface area contributed by atoms with Crippen molar-refractivity contribution in [1.82, 2.24) is 4.90 Å². The normalized spacial score (nSPS) is 10.6. The van der Waals surface area contributed by atoms with E-state index in [2.05, 4.69) is 18.6 Å². The number of amides is 1. The van der Waals surface area contributed by atoms with Crippen LogP contribution in [0.4, 0.5) is 0 Å². The number of carbonyl (C=O) groups is 2. The Balaban J connectivity index is 3.81. The lowest BCUT2D eigenvalue weighted by Gasteiger charge is -2.22. The second-order valence-electron chi connectivity index (χ2n) is 6.64. The summed E-state index contributed by atoms with van der Waals surface area (Å²) in [4.78, 5) is 25.4. The van der Waals surface area contributed by atoms with Crippen LogP contribution in [0.5, 0.6) is 0 Å². The van der Waals surface area contributed by atoms with Crippen LogP contribution in [-0.2, 0) is 14.3 Å². The van der Waals surface area contributed by atoms with E-state index in [0.29, 0.717) is 19.4 Å². The highest BCUT2D eigenvalue weighted by Crippen LogP contribution is 2.11. The van der Waals surface area contributed by atoms with Gasteiger partial charge in [0, 0.05) is 19.5 Å². The molecule has 0 fully saturated rings. The van der Waals surface area contributed by atoms with E-state index in [4.69, 9.17) is 0 Å². The minimum absolute atomic E-state index is 0.190. The summed E-state index contributed by atoms with van der Waals surface area (Å²) < 4.78 is 4.67. The first-order valence-electron chi connectivity index (χ1n) is 10.00. The smallest absolute Gasteiger partial charge is 0.307 e. The molecule has 0 spiro atoms. The summed E-state index contributed by atoms with van der Waals surface area (Å²) in [5.41, 5.74) is 0. The van der Waals surface area contributed by atoms with E-state index >= 15 is 0 Å². The minimum atomic E-state index is -0.243. The first-order chi connectivity index (χ1) is 11.7. The number of hydrogen-bond acceptors (Lipinski definition) is 3. The average Bonchev–Trinajstić information content (AvgIpc) is 2.59. The zero-order valence-corrected chi connectivity index (χ0v) is 16.3. The molecule has 0 aliphatic heterocycles. The van der Waals surface area contributed by atoms with Gasteiger partial charge in [-0.15, -0.1) is 0 Å². The average molecular weight is 342 g/mol. The summed E-state index contributed by atoms with van der Waals surface area (Å²) in [6.07, 6.45) is 14.3. The molecule has 0 saturated heterocycles. The number of ether oxygens (including phenoxy) is 1. The third-order valence-corrected chi connectivity index (χ3v) is 4.44. The van der Waals surface area contributed by atoms with Crippen LogP contribution in [0, 0.1) is 0 Å². The highest BCUT2D eigenvalue weighted by molar-refractivity contribution is 5.77. The molecule has 0 aromatic heterocycles. The molecule has 0 atom stereocenters. The van der Waals surface area contributed by atoms with Gasteiger partial charge in [-0.2, -0.15) is 0 Å². The van der Waals surface area contributed by atoms with Crippen LogP contribution in [0.1, 0.15) is 97.3 Å². The van der Waals surface area contributed by atoms with Crippen molar-refractivity contribution in [2.75, 3.05) is 20.2 Å². The van der Waals surface area contributed by atoms with E-state index in [9.17, 15) is 9.59 Å². The number of carbonyl (C=O) groups excluding carboxylic acids is 2. The van der Waals surface area contributed by atoms with E-state index in [-0.39, 0.29) is 11.9 Å². The van der Waals surface area contributed by atoms with Gasteiger partial charge in [-0.25, -0.2) is 0 Å². The van der Waals surface area contributed by atoms with Gasteiger partial charge in [0.15, 0.2) is 0 Å². The van der Waals surface area contributed by atoms with Crippen LogP contribution in [0.2, 0.25) is 0 Å². The molecule has 0 bridgehead atoms. The molecule has 0 N–H and O–H groups in total. The van der Waals surface area contributed by atoms with Gasteiger partial charge < -0.3 is 9.64 Å². The van der Waals surface area contributed by atoms with Crippen LogP contribution in [-0.4, -0.2) is 37.0 Å². The van der Waals surface area contributed by atoms with Crippen molar-refractivity contribution in [3.63, 3.8) is 0 Å². The molecule has 4 heteroatoms. The van der Waals surface area contributed by atoms with Gasteiger partial charge in [0.25, 0.3) is 0 Å². The van der Waals surface area contributed by atoms with Crippen molar-refractivity contribution in [2.24, 2.45) is 0 Å². The summed E-state index contributed by atoms with van der Waals surface area (Å²) >= 11 is 0. The second kappa shape index (κ2) is 16.8. The molecule has 4 nitrogen and oxygen atoms in total. The maximum atomic E-state index is 12.3. The predicted molar refractivity (Wildman–Crippen MR) is 100.0 cm³/mol. The Morgan fingerprint density at radius 1 is 0.708 bits per heavy atom. The fourth-order valence-electron chi connectivity index (χ4n) is 2.78. The third kappa shape index (κ3) is 13.4. The Morgan fingerprint density at radius 2 is 1.25 bits per heavy atom. The predicted octanol–water partition coefficient (Wildman–Crippen LogP) is 5.10. The molecule has 0 radical (unpaired) electrons. The van der Waals surface area contributed by atoms with E-state index < -0.39 is 0 Å². The van der Waals surface area contributed by atoms with Crippen LogP contribution in [0.25, 0.3) is 0 Å². The van der Waals surface area contributed by atoms with Gasteiger partial charge in [-0.3, -0.25) is 9.59 Å². The number of unbranched alkanes of at least 4 members (excludes halogenated alkanes) is 9. The van der Waals surface area contributed by atoms with Crippen molar-refractivity contribution in [3.8, 4) is 0 Å². The van der Waals surface area contributed by atoms with Gasteiger partial charge >= 0.3 is 5.97 Å². The first kappa shape index (κ1) is 22.9. The fraction of sp³-hybridized carbons (Fsp3) is 0.900. The third-order valence-electron chi connectivity index (χ3n) is 4.44. The summed E-state index contributed by atoms with van der Waals surface area (Å²) in [7, 11) is 1.39. The van der Waals surface area contributed by atoms with Crippen LogP contribution >= 0.6 is 0 Å². The quantitative estimate of drug-likeness (QED) is 0.290. The molecule has 0 unspecified atom stereocenters. The molecule has 24 heavy (non-hydrogen) atoms. The topological polar surface area (TPSA) is 46.6 Å². The highest BCUT2D eigenvalue weighted by atomic mass is 16.5. The van der Waals surface area contributed by atoms with Gasteiger partial charge in [0.1, 0.15) is 0 Å². The van der Waals surface area contributed by atoms with Crippen molar-refractivity contribution in [2.45, 2.75) is 97.3 Å². The molecule has 142 valence electrons. The Labute approximate surface area is 149 Å². The molecular weight excluding hydrogens is 302 g/mol. The molecule has 0 aliphatic carbocycles. The molecule has 1 amide bonds. The zero-order valence-electron chi connectivity index (χ0n) is 16.3. The summed E-state index contributed by atoms with van der Waals surface area (Å²) in [5.74, 6) is -0.0531. The number of nitrogens with zero attached hydrogens (tertiary/aromatic N) is 1. The van der Waals surface area contributed by atoms with Gasteiger partial charge in [-0.1, -0.05) is 71.6 Å². The SMILES string of the molecule is CCCCCCCCCCCC(=O)N(CCCC)CCC(=O)OC. The maximum absolute atomic E-state index is 12.3. The Bertz CT molecular complexity index is 318. The molecule has 0 rings (SSSR count). The molecule has 0 aromatic carbocycles. The van der Waals surface area contributed by atoms with Crippen LogP contribution < -0.4 is 0 Å². The maximum Gasteiger partial charge on any atom is 0.307 e. The number of esters is 1. The molecule has 0 aliphatic rings. The van der Waals surface area contributed by atoms with E-state index in [0.717, 1.165) is 32.2 Å². The number of rotatable bonds is 16. The Hall–Kier alpha value is -1.06. The lowest BCUT2D eigenvalue weighted by molar-refractivity contribution is -0.141. The van der Waals surface area contributed by atoms with Crippen molar-refractivity contribution in [1.29, 1.82) is 0 Å². The summed E-state index contributed by atoms with van der Waals surface area (Å²) in [6.45, 7) is 5.60. The van der Waals surface area contributed by atoms with Crippen LogP contribution in [0.15, 0.2) is 0 Å². The molecule has 0 saturated carbocycles. The molecular formula is C20H39NO3. The fourth-order valence-corrected chi connectivity index (χ4v) is 2.78. The number of methoxy groups -OCH3 is 1. The lowest BCUT2D eigenvalue weighted by atomic mass is 10.1. The van der Waals surface area contributed by atoms with Crippen molar-refractivity contribution < 1.29 is 14.3 Å². The largest absolute Gasteiger partial charge is 0.469 e. The van der Waals surface area contributed by atoms with Gasteiger partial charge in [-0.05, 0) is 12.8 Å². The van der Waals surface area contributed by atoms with E-state index in [1.807, 2.05) is 4.90 Å². The second-order valence-corrected chi connectivity index (χ2v) is 6.64. The molecule has 0 aromatic rings. The zero-order chi connectivity index (χ0) is 18.0. The Morgan fingerprint density at radius 3 is 1.79 bits per heavy atom. The van der Waals surface area contributed by atoms with E-state index in [1.54, 1.807) is 0 Å². The van der Waals surface area contributed by atoms with Gasteiger partial charge in [0.2, 0.25) is 5.91 Å². The van der Waals surface area contributed by atoms with Crippen LogP contribution in [0.3, 0.4) is 0 Å². The van der Waals surface area contributed by atoms with Crippen molar-refractivity contribution >= 4 is 11.9 Å². The minimum Gasteiger partial charge on any atom is -0.469 e. The van der Waals surface area contributed by atoms with E-state index in [1.165, 1.54) is 52.1 Å². The highest BCUT2D eigenvalue weighted by Gasteiger charge is 2.14. The van der Waals surface area contributed by atoms with Crippen molar-refractivity contribution in [3.05, 3.63) is 0 Å². The summed E-state index contributed by atoms with van der Waals surface area (Å²) in [5, 5.41) is 0. The van der Waals surface area contributed by atoms with Gasteiger partial charge in [0.05, 0.1) is 13.5 Å². The monoisotopic (exact) mass is 341 g/mol. The standard InChI is InChI=1S/C20H39NO3/c1-4-6-8-9-10-11-12-13-14-15-19(22)21(17-7-5-2)18-16-20(23)24-3/h4-18H2,1-3H3. The Kier molecular flexibility index (Phi) is 16.0. The lowest BCUT2D eigenvalue weighted by Crippen LogP contribution is -2.33. The first-order valence-corrected chi connectivity index (χ1v) is 10.00.